The maximum absolute atomic E-state index is 12.1. The Hall–Kier alpha value is -1.92. The second kappa shape index (κ2) is 6.69. The molecule has 0 aromatic carbocycles. The largest absolute Gasteiger partial charge is 0.381 e. The van der Waals surface area contributed by atoms with Crippen LogP contribution in [0.25, 0.3) is 5.69 Å². The molecule has 0 N–H and O–H groups in total. The van der Waals surface area contributed by atoms with Crippen molar-refractivity contribution in [1.82, 2.24) is 14.8 Å². The van der Waals surface area contributed by atoms with E-state index in [2.05, 4.69) is 10.1 Å². The molecule has 1 atom stereocenters. The Morgan fingerprint density at radius 2 is 2.33 bits per heavy atom. The SMILES string of the molecule is COC(C)CC(=O)N(C)c1cn(-c2cccnc2)nc1Cl. The smallest absolute Gasteiger partial charge is 0.229 e. The first kappa shape index (κ1) is 15.5. The van der Waals surface area contributed by atoms with Crippen LogP contribution in [0.1, 0.15) is 13.3 Å². The topological polar surface area (TPSA) is 60.2 Å². The molecule has 0 saturated heterocycles. The maximum atomic E-state index is 12.1. The molecule has 1 unspecified atom stereocenters. The van der Waals surface area contributed by atoms with Gasteiger partial charge in [-0.1, -0.05) is 11.6 Å². The molecule has 0 radical (unpaired) electrons. The number of carbonyl (C=O) groups is 1. The van der Waals surface area contributed by atoms with Gasteiger partial charge in [0.15, 0.2) is 5.15 Å². The molecule has 0 aliphatic heterocycles. The summed E-state index contributed by atoms with van der Waals surface area (Å²) < 4.78 is 6.69. The molecule has 7 heteroatoms. The number of halogens is 1. The molecule has 0 spiro atoms. The summed E-state index contributed by atoms with van der Waals surface area (Å²) in [5, 5.41) is 4.46. The predicted octanol–water partition coefficient (Wildman–Crippen LogP) is 2.31. The second-order valence-corrected chi connectivity index (χ2v) is 5.02. The quantitative estimate of drug-likeness (QED) is 0.850. The number of hydrogen-bond donors (Lipinski definition) is 0. The van der Waals surface area contributed by atoms with Crippen molar-refractivity contribution in [3.8, 4) is 5.69 Å². The zero-order valence-corrected chi connectivity index (χ0v) is 12.9. The van der Waals surface area contributed by atoms with Crippen LogP contribution in [-0.2, 0) is 9.53 Å². The summed E-state index contributed by atoms with van der Waals surface area (Å²) in [6.07, 6.45) is 5.18. The third-order valence-electron chi connectivity index (χ3n) is 3.16. The van der Waals surface area contributed by atoms with Gasteiger partial charge in [0.05, 0.1) is 30.6 Å². The minimum atomic E-state index is -0.146. The van der Waals surface area contributed by atoms with Gasteiger partial charge in [0.1, 0.15) is 5.69 Å². The number of carbonyl (C=O) groups excluding carboxylic acids is 1. The number of aromatic nitrogens is 3. The molecule has 0 bridgehead atoms. The summed E-state index contributed by atoms with van der Waals surface area (Å²) in [6.45, 7) is 1.84. The monoisotopic (exact) mass is 308 g/mol. The molecular formula is C14H17ClN4O2. The number of pyridine rings is 1. The van der Waals surface area contributed by atoms with Crippen LogP contribution in [0, 0.1) is 0 Å². The fourth-order valence-electron chi connectivity index (χ4n) is 1.79. The summed E-state index contributed by atoms with van der Waals surface area (Å²) >= 11 is 6.13. The standard InChI is InChI=1S/C14H17ClN4O2/c1-10(21-3)7-13(20)18(2)12-9-19(17-14(12)15)11-5-4-6-16-8-11/h4-6,8-10H,7H2,1-3H3. The highest BCUT2D eigenvalue weighted by Crippen LogP contribution is 2.25. The molecule has 2 aromatic rings. The number of anilines is 1. The van der Waals surface area contributed by atoms with E-state index in [9.17, 15) is 4.79 Å². The minimum absolute atomic E-state index is 0.0861. The molecule has 112 valence electrons. The van der Waals surface area contributed by atoms with Gasteiger partial charge in [-0.2, -0.15) is 5.10 Å². The van der Waals surface area contributed by atoms with Crippen molar-refractivity contribution in [2.45, 2.75) is 19.4 Å². The number of rotatable bonds is 5. The van der Waals surface area contributed by atoms with E-state index in [1.807, 2.05) is 13.0 Å². The lowest BCUT2D eigenvalue weighted by molar-refractivity contribution is -0.120. The van der Waals surface area contributed by atoms with Gasteiger partial charge in [0.2, 0.25) is 5.91 Å². The molecule has 0 saturated carbocycles. The normalized spacial score (nSPS) is 12.2. The van der Waals surface area contributed by atoms with E-state index < -0.39 is 0 Å². The van der Waals surface area contributed by atoms with Gasteiger partial charge in [-0.05, 0) is 19.1 Å². The van der Waals surface area contributed by atoms with Gasteiger partial charge in [-0.25, -0.2) is 4.68 Å². The highest BCUT2D eigenvalue weighted by atomic mass is 35.5. The van der Waals surface area contributed by atoms with Gasteiger partial charge in [-0.15, -0.1) is 0 Å². The van der Waals surface area contributed by atoms with Crippen molar-refractivity contribution >= 4 is 23.2 Å². The highest BCUT2D eigenvalue weighted by molar-refractivity contribution is 6.32. The van der Waals surface area contributed by atoms with Gasteiger partial charge in [0.25, 0.3) is 0 Å². The van der Waals surface area contributed by atoms with E-state index in [1.165, 1.54) is 4.90 Å². The zero-order chi connectivity index (χ0) is 15.4. The summed E-state index contributed by atoms with van der Waals surface area (Å²) in [6, 6.07) is 3.66. The van der Waals surface area contributed by atoms with Gasteiger partial charge in [0, 0.05) is 20.4 Å². The van der Waals surface area contributed by atoms with E-state index in [-0.39, 0.29) is 23.6 Å². The van der Waals surface area contributed by atoms with E-state index in [0.717, 1.165) is 5.69 Å². The van der Waals surface area contributed by atoms with E-state index in [0.29, 0.717) is 5.69 Å². The van der Waals surface area contributed by atoms with Crippen LogP contribution in [0.4, 0.5) is 5.69 Å². The first-order valence-electron chi connectivity index (χ1n) is 6.48. The third kappa shape index (κ3) is 3.59. The molecule has 0 aliphatic rings. The Kier molecular flexibility index (Phi) is 4.93. The summed E-state index contributed by atoms with van der Waals surface area (Å²) in [4.78, 5) is 17.7. The lowest BCUT2D eigenvalue weighted by Gasteiger charge is -2.17. The predicted molar refractivity (Wildman–Crippen MR) is 80.9 cm³/mol. The van der Waals surface area contributed by atoms with E-state index in [1.54, 1.807) is 43.5 Å². The first-order chi connectivity index (χ1) is 10.0. The molecule has 2 aromatic heterocycles. The average Bonchev–Trinajstić information content (AvgIpc) is 2.89. The lowest BCUT2D eigenvalue weighted by Crippen LogP contribution is -2.29. The van der Waals surface area contributed by atoms with Crippen molar-refractivity contribution in [2.75, 3.05) is 19.1 Å². The van der Waals surface area contributed by atoms with Crippen molar-refractivity contribution in [3.05, 3.63) is 35.9 Å². The van der Waals surface area contributed by atoms with Gasteiger partial charge >= 0.3 is 0 Å². The first-order valence-corrected chi connectivity index (χ1v) is 6.85. The maximum Gasteiger partial charge on any atom is 0.229 e. The highest BCUT2D eigenvalue weighted by Gasteiger charge is 2.19. The summed E-state index contributed by atoms with van der Waals surface area (Å²) in [5.74, 6) is -0.0861. The summed E-state index contributed by atoms with van der Waals surface area (Å²) in [5.41, 5.74) is 1.32. The lowest BCUT2D eigenvalue weighted by atomic mass is 10.2. The van der Waals surface area contributed by atoms with Crippen molar-refractivity contribution in [2.24, 2.45) is 0 Å². The molecule has 0 aliphatic carbocycles. The Labute approximate surface area is 128 Å². The van der Waals surface area contributed by atoms with Crippen molar-refractivity contribution in [1.29, 1.82) is 0 Å². The third-order valence-corrected chi connectivity index (χ3v) is 3.43. The molecule has 21 heavy (non-hydrogen) atoms. The Balaban J connectivity index is 2.21. The number of hydrogen-bond acceptors (Lipinski definition) is 4. The van der Waals surface area contributed by atoms with Gasteiger partial charge < -0.3 is 9.64 Å². The van der Waals surface area contributed by atoms with E-state index >= 15 is 0 Å². The molecule has 1 amide bonds. The van der Waals surface area contributed by atoms with Crippen molar-refractivity contribution in [3.63, 3.8) is 0 Å². The molecule has 2 heterocycles. The minimum Gasteiger partial charge on any atom is -0.381 e. The fourth-order valence-corrected chi connectivity index (χ4v) is 2.05. The second-order valence-electron chi connectivity index (χ2n) is 4.66. The van der Waals surface area contributed by atoms with Crippen LogP contribution in [0.5, 0.6) is 0 Å². The van der Waals surface area contributed by atoms with Gasteiger partial charge in [-0.3, -0.25) is 9.78 Å². The molecule has 6 nitrogen and oxygen atoms in total. The Morgan fingerprint density at radius 1 is 1.57 bits per heavy atom. The number of methoxy groups -OCH3 is 1. The van der Waals surface area contributed by atoms with Crippen LogP contribution in [-0.4, -0.2) is 40.9 Å². The fraction of sp³-hybridized carbons (Fsp3) is 0.357. The van der Waals surface area contributed by atoms with Crippen LogP contribution in [0.15, 0.2) is 30.7 Å². The Morgan fingerprint density at radius 3 is 2.95 bits per heavy atom. The van der Waals surface area contributed by atoms with Crippen LogP contribution in [0.2, 0.25) is 5.15 Å². The summed E-state index contributed by atoms with van der Waals surface area (Å²) in [7, 11) is 3.24. The average molecular weight is 309 g/mol. The molecule has 0 fully saturated rings. The van der Waals surface area contributed by atoms with Crippen LogP contribution in [0.3, 0.4) is 0 Å². The van der Waals surface area contributed by atoms with Crippen LogP contribution >= 0.6 is 11.6 Å². The van der Waals surface area contributed by atoms with E-state index in [4.69, 9.17) is 16.3 Å². The number of amides is 1. The number of ether oxygens (including phenoxy) is 1. The zero-order valence-electron chi connectivity index (χ0n) is 12.2. The number of nitrogens with zero attached hydrogens (tertiary/aromatic N) is 4. The molecular weight excluding hydrogens is 292 g/mol. The van der Waals surface area contributed by atoms with Crippen LogP contribution < -0.4 is 4.90 Å². The molecule has 2 rings (SSSR count). The Bertz CT molecular complexity index is 615. The van der Waals surface area contributed by atoms with Crippen molar-refractivity contribution < 1.29 is 9.53 Å².